The van der Waals surface area contributed by atoms with Crippen molar-refractivity contribution in [1.82, 2.24) is 15.3 Å². The lowest BCUT2D eigenvalue weighted by atomic mass is 10.1. The highest BCUT2D eigenvalue weighted by atomic mass is 32.2. The van der Waals surface area contributed by atoms with Crippen molar-refractivity contribution in [3.05, 3.63) is 87.3 Å². The predicted molar refractivity (Wildman–Crippen MR) is 124 cm³/mol. The highest BCUT2D eigenvalue weighted by molar-refractivity contribution is 7.99. The summed E-state index contributed by atoms with van der Waals surface area (Å²) in [4.78, 5) is 32.2. The van der Waals surface area contributed by atoms with E-state index in [1.807, 2.05) is 54.6 Å². The molecule has 1 aromatic heterocycles. The van der Waals surface area contributed by atoms with Crippen LogP contribution in [0.4, 0.5) is 0 Å². The van der Waals surface area contributed by atoms with E-state index in [0.717, 1.165) is 16.9 Å². The molecule has 3 rings (SSSR count). The Hall–Kier alpha value is -3.06. The molecule has 1 unspecified atom stereocenters. The van der Waals surface area contributed by atoms with Crippen molar-refractivity contribution in [2.24, 2.45) is 0 Å². The lowest BCUT2D eigenvalue weighted by Gasteiger charge is -2.12. The molecule has 0 fully saturated rings. The molecule has 0 aliphatic carbocycles. The summed E-state index contributed by atoms with van der Waals surface area (Å²) in [5.41, 5.74) is 2.98. The Labute approximate surface area is 186 Å². The number of methoxy groups -OCH3 is 1. The van der Waals surface area contributed by atoms with Crippen molar-refractivity contribution >= 4 is 17.7 Å². The van der Waals surface area contributed by atoms with E-state index in [4.69, 9.17) is 4.74 Å². The molecule has 0 saturated heterocycles. The number of carbonyl (C=O) groups excluding carboxylic acids is 1. The zero-order chi connectivity index (χ0) is 22.2. The van der Waals surface area contributed by atoms with Crippen molar-refractivity contribution < 1.29 is 9.53 Å². The average Bonchev–Trinajstić information content (AvgIpc) is 2.77. The van der Waals surface area contributed by atoms with Gasteiger partial charge < -0.3 is 15.0 Å². The average molecular weight is 438 g/mol. The number of amides is 1. The van der Waals surface area contributed by atoms with Gasteiger partial charge >= 0.3 is 0 Å². The number of benzene rings is 2. The van der Waals surface area contributed by atoms with Crippen LogP contribution in [0, 0.1) is 6.92 Å². The first kappa shape index (κ1) is 22.6. The molecule has 0 radical (unpaired) electrons. The summed E-state index contributed by atoms with van der Waals surface area (Å²) in [5.74, 6) is 0.608. The van der Waals surface area contributed by atoms with Crippen LogP contribution in [-0.2, 0) is 17.6 Å². The molecule has 31 heavy (non-hydrogen) atoms. The van der Waals surface area contributed by atoms with Gasteiger partial charge in [0.25, 0.3) is 5.56 Å². The Morgan fingerprint density at radius 3 is 2.52 bits per heavy atom. The predicted octanol–water partition coefficient (Wildman–Crippen LogP) is 3.84. The minimum atomic E-state index is -0.263. The Balaban J connectivity index is 1.55. The second-order valence-electron chi connectivity index (χ2n) is 7.23. The Bertz CT molecular complexity index is 1070. The molecule has 2 aromatic carbocycles. The highest BCUT2D eigenvalue weighted by Gasteiger charge is 2.15. The number of hydrogen-bond donors (Lipinski definition) is 2. The van der Waals surface area contributed by atoms with Crippen LogP contribution in [0.5, 0.6) is 5.75 Å². The second-order valence-corrected chi connectivity index (χ2v) is 8.56. The second kappa shape index (κ2) is 10.8. The summed E-state index contributed by atoms with van der Waals surface area (Å²) in [6.07, 6.45) is 0.715. The number of nitrogens with zero attached hydrogens (tertiary/aromatic N) is 1. The van der Waals surface area contributed by atoms with Crippen LogP contribution in [0.3, 0.4) is 0 Å². The fourth-order valence-corrected chi connectivity index (χ4v) is 4.14. The molecule has 0 bridgehead atoms. The van der Waals surface area contributed by atoms with E-state index >= 15 is 0 Å². The lowest BCUT2D eigenvalue weighted by molar-refractivity contribution is -0.120. The van der Waals surface area contributed by atoms with Gasteiger partial charge in [-0.05, 0) is 43.5 Å². The first-order valence-corrected chi connectivity index (χ1v) is 11.0. The number of aryl methyl sites for hydroxylation is 1. The largest absolute Gasteiger partial charge is 0.497 e. The Morgan fingerprint density at radius 2 is 1.87 bits per heavy atom. The van der Waals surface area contributed by atoms with Crippen LogP contribution in [0.2, 0.25) is 0 Å². The minimum Gasteiger partial charge on any atom is -0.497 e. The molecule has 1 amide bonds. The van der Waals surface area contributed by atoms with Crippen LogP contribution in [0.25, 0.3) is 0 Å². The maximum atomic E-state index is 12.6. The number of carbonyl (C=O) groups is 1. The third-order valence-corrected chi connectivity index (χ3v) is 6.03. The van der Waals surface area contributed by atoms with E-state index in [0.29, 0.717) is 29.4 Å². The Morgan fingerprint density at radius 1 is 1.16 bits per heavy atom. The SMILES string of the molecule is COc1ccc(CCNC(=O)Cc2c(C)nc(SC(C)c3ccccc3)[nH]c2=O)cc1. The van der Waals surface area contributed by atoms with E-state index in [-0.39, 0.29) is 23.1 Å². The molecule has 2 N–H and O–H groups in total. The summed E-state index contributed by atoms with van der Waals surface area (Å²) in [6, 6.07) is 17.8. The number of hydrogen-bond acceptors (Lipinski definition) is 5. The molecule has 0 saturated carbocycles. The van der Waals surface area contributed by atoms with Crippen LogP contribution in [0.1, 0.15) is 34.6 Å². The summed E-state index contributed by atoms with van der Waals surface area (Å²) >= 11 is 1.49. The molecular formula is C24H27N3O3S. The van der Waals surface area contributed by atoms with Gasteiger partial charge in [-0.15, -0.1) is 0 Å². The Kier molecular flexibility index (Phi) is 7.89. The molecule has 6 nitrogen and oxygen atoms in total. The van der Waals surface area contributed by atoms with Gasteiger partial charge in [0.1, 0.15) is 5.75 Å². The molecule has 0 aliphatic rings. The van der Waals surface area contributed by atoms with Gasteiger partial charge in [0, 0.05) is 23.1 Å². The molecule has 162 valence electrons. The van der Waals surface area contributed by atoms with E-state index < -0.39 is 0 Å². The molecule has 0 aliphatic heterocycles. The van der Waals surface area contributed by atoms with E-state index in [2.05, 4.69) is 22.2 Å². The molecule has 0 spiro atoms. The summed E-state index contributed by atoms with van der Waals surface area (Å²) in [5, 5.41) is 3.58. The van der Waals surface area contributed by atoms with Gasteiger partial charge in [0.2, 0.25) is 5.91 Å². The summed E-state index contributed by atoms with van der Waals surface area (Å²) in [7, 11) is 1.63. The minimum absolute atomic E-state index is 0.00989. The normalized spacial score (nSPS) is 11.7. The number of aromatic amines is 1. The van der Waals surface area contributed by atoms with E-state index in [9.17, 15) is 9.59 Å². The fourth-order valence-electron chi connectivity index (χ4n) is 3.17. The molecule has 1 heterocycles. The standard InChI is InChI=1S/C24H27N3O3S/c1-16-21(15-22(28)25-14-13-18-9-11-20(30-3)12-10-18)23(29)27-24(26-16)31-17(2)19-7-5-4-6-8-19/h4-12,17H,13-15H2,1-3H3,(H,25,28)(H,26,27,29). The maximum absolute atomic E-state index is 12.6. The van der Waals surface area contributed by atoms with Crippen LogP contribution in [-0.4, -0.2) is 29.5 Å². The van der Waals surface area contributed by atoms with Crippen LogP contribution < -0.4 is 15.6 Å². The zero-order valence-electron chi connectivity index (χ0n) is 18.0. The van der Waals surface area contributed by atoms with E-state index in [1.54, 1.807) is 14.0 Å². The number of thioether (sulfide) groups is 1. The molecule has 7 heteroatoms. The number of rotatable bonds is 9. The van der Waals surface area contributed by atoms with Crippen molar-refractivity contribution in [3.63, 3.8) is 0 Å². The van der Waals surface area contributed by atoms with Crippen molar-refractivity contribution in [3.8, 4) is 5.75 Å². The van der Waals surface area contributed by atoms with Gasteiger partial charge in [-0.2, -0.15) is 0 Å². The van der Waals surface area contributed by atoms with E-state index in [1.165, 1.54) is 11.8 Å². The van der Waals surface area contributed by atoms with Gasteiger partial charge in [0.05, 0.1) is 13.5 Å². The van der Waals surface area contributed by atoms with Gasteiger partial charge in [0.15, 0.2) is 5.16 Å². The van der Waals surface area contributed by atoms with Crippen molar-refractivity contribution in [1.29, 1.82) is 0 Å². The van der Waals surface area contributed by atoms with Crippen molar-refractivity contribution in [2.45, 2.75) is 37.1 Å². The molecular weight excluding hydrogens is 410 g/mol. The van der Waals surface area contributed by atoms with Gasteiger partial charge in [-0.3, -0.25) is 9.59 Å². The van der Waals surface area contributed by atoms with Gasteiger partial charge in [-0.25, -0.2) is 4.98 Å². The monoisotopic (exact) mass is 437 g/mol. The zero-order valence-corrected chi connectivity index (χ0v) is 18.8. The van der Waals surface area contributed by atoms with Gasteiger partial charge in [-0.1, -0.05) is 54.2 Å². The lowest BCUT2D eigenvalue weighted by Crippen LogP contribution is -2.30. The smallest absolute Gasteiger partial charge is 0.255 e. The third kappa shape index (κ3) is 6.46. The quantitative estimate of drug-likeness (QED) is 0.392. The van der Waals surface area contributed by atoms with Crippen LogP contribution >= 0.6 is 11.8 Å². The molecule has 1 atom stereocenters. The van der Waals surface area contributed by atoms with Crippen molar-refractivity contribution in [2.75, 3.05) is 13.7 Å². The number of nitrogens with one attached hydrogen (secondary N) is 2. The maximum Gasteiger partial charge on any atom is 0.255 e. The summed E-state index contributed by atoms with van der Waals surface area (Å²) in [6.45, 7) is 4.34. The third-order valence-electron chi connectivity index (χ3n) is 4.99. The molecule has 3 aromatic rings. The first-order chi connectivity index (χ1) is 15.0. The summed E-state index contributed by atoms with van der Waals surface area (Å²) < 4.78 is 5.14. The highest BCUT2D eigenvalue weighted by Crippen LogP contribution is 2.32. The van der Waals surface area contributed by atoms with Crippen LogP contribution in [0.15, 0.2) is 64.5 Å². The number of aromatic nitrogens is 2. The fraction of sp³-hybridized carbons (Fsp3) is 0.292. The number of ether oxygens (including phenoxy) is 1. The number of H-pyrrole nitrogens is 1. The first-order valence-electron chi connectivity index (χ1n) is 10.2. The topological polar surface area (TPSA) is 84.1 Å².